The van der Waals surface area contributed by atoms with Gasteiger partial charge in [0.2, 0.25) is 5.91 Å². The number of thioether (sulfide) groups is 1. The highest BCUT2D eigenvalue weighted by Gasteiger charge is 2.31. The second-order valence-electron chi connectivity index (χ2n) is 8.87. The van der Waals surface area contributed by atoms with Crippen LogP contribution >= 0.6 is 11.8 Å². The molecule has 1 fully saturated rings. The van der Waals surface area contributed by atoms with Gasteiger partial charge < -0.3 is 9.64 Å². The average molecular weight is 503 g/mol. The number of ether oxygens (including phenoxy) is 1. The van der Waals surface area contributed by atoms with Crippen LogP contribution in [0.2, 0.25) is 0 Å². The molecule has 1 atom stereocenters. The van der Waals surface area contributed by atoms with Crippen LogP contribution in [0.15, 0.2) is 72.8 Å². The molecule has 3 aromatic rings. The van der Waals surface area contributed by atoms with Crippen LogP contribution < -0.4 is 10.1 Å². The molecule has 1 aliphatic rings. The largest absolute Gasteiger partial charge is 0.494 e. The Bertz CT molecular complexity index is 1220. The molecule has 1 saturated heterocycles. The second kappa shape index (κ2) is 11.9. The van der Waals surface area contributed by atoms with E-state index in [4.69, 9.17) is 4.74 Å². The van der Waals surface area contributed by atoms with Crippen molar-refractivity contribution in [2.24, 2.45) is 0 Å². The highest BCUT2D eigenvalue weighted by Crippen LogP contribution is 2.26. The van der Waals surface area contributed by atoms with Crippen LogP contribution in [0, 0.1) is 0 Å². The Kier molecular flexibility index (Phi) is 8.44. The maximum Gasteiger partial charge on any atom is 0.286 e. The fourth-order valence-electron chi connectivity index (χ4n) is 4.02. The van der Waals surface area contributed by atoms with Crippen molar-refractivity contribution >= 4 is 28.8 Å². The lowest BCUT2D eigenvalue weighted by Crippen LogP contribution is -2.26. The van der Waals surface area contributed by atoms with Crippen molar-refractivity contribution in [3.63, 3.8) is 0 Å². The summed E-state index contributed by atoms with van der Waals surface area (Å²) in [4.78, 5) is 37.8. The predicted octanol–water partition coefficient (Wildman–Crippen LogP) is 5.70. The lowest BCUT2D eigenvalue weighted by molar-refractivity contribution is -0.118. The molecule has 186 valence electrons. The number of carbonyl (C=O) groups excluding carboxylic acids is 3. The van der Waals surface area contributed by atoms with E-state index >= 15 is 0 Å². The van der Waals surface area contributed by atoms with E-state index in [1.165, 1.54) is 0 Å². The van der Waals surface area contributed by atoms with Gasteiger partial charge in [-0.1, -0.05) is 67.6 Å². The zero-order chi connectivity index (χ0) is 25.5. The first-order valence-corrected chi connectivity index (χ1v) is 13.0. The van der Waals surface area contributed by atoms with E-state index in [2.05, 4.69) is 18.3 Å². The Morgan fingerprint density at radius 2 is 1.72 bits per heavy atom. The summed E-state index contributed by atoms with van der Waals surface area (Å²) in [5.41, 5.74) is 4.77. The SMILES string of the molecule is CCCCOc1ccc(C(=O)N(C)Cc2cccc(-c3ccc(CC4SC(=O)NC4=O)cc3)c2)cc1. The van der Waals surface area contributed by atoms with Crippen molar-refractivity contribution in [2.45, 2.75) is 38.0 Å². The van der Waals surface area contributed by atoms with Gasteiger partial charge in [-0.05, 0) is 65.4 Å². The normalized spacial score (nSPS) is 15.0. The minimum absolute atomic E-state index is 0.0443. The topological polar surface area (TPSA) is 75.7 Å². The molecule has 1 unspecified atom stereocenters. The van der Waals surface area contributed by atoms with Crippen LogP contribution in [-0.2, 0) is 17.8 Å². The van der Waals surface area contributed by atoms with Crippen molar-refractivity contribution in [1.29, 1.82) is 0 Å². The molecule has 1 aliphatic heterocycles. The minimum Gasteiger partial charge on any atom is -0.494 e. The number of nitrogens with zero attached hydrogens (tertiary/aromatic N) is 1. The molecule has 36 heavy (non-hydrogen) atoms. The Balaban J connectivity index is 1.37. The Hall–Kier alpha value is -3.58. The highest BCUT2D eigenvalue weighted by molar-refractivity contribution is 8.15. The lowest BCUT2D eigenvalue weighted by Gasteiger charge is -2.18. The molecule has 4 rings (SSSR count). The van der Waals surface area contributed by atoms with Gasteiger partial charge >= 0.3 is 0 Å². The molecule has 0 bridgehead atoms. The summed E-state index contributed by atoms with van der Waals surface area (Å²) < 4.78 is 5.68. The van der Waals surface area contributed by atoms with Gasteiger partial charge in [-0.3, -0.25) is 19.7 Å². The Morgan fingerprint density at radius 3 is 2.39 bits per heavy atom. The van der Waals surface area contributed by atoms with E-state index in [0.29, 0.717) is 25.1 Å². The number of carbonyl (C=O) groups is 3. The van der Waals surface area contributed by atoms with Gasteiger partial charge in [0.05, 0.1) is 11.9 Å². The zero-order valence-electron chi connectivity index (χ0n) is 20.5. The number of rotatable bonds is 10. The third-order valence-electron chi connectivity index (χ3n) is 6.04. The third-order valence-corrected chi connectivity index (χ3v) is 7.02. The summed E-state index contributed by atoms with van der Waals surface area (Å²) in [5.74, 6) is 0.508. The van der Waals surface area contributed by atoms with Crippen molar-refractivity contribution in [1.82, 2.24) is 10.2 Å². The molecule has 0 spiro atoms. The van der Waals surface area contributed by atoms with Gasteiger partial charge in [0, 0.05) is 19.2 Å². The average Bonchev–Trinajstić information content (AvgIpc) is 3.21. The first-order chi connectivity index (χ1) is 17.4. The summed E-state index contributed by atoms with van der Waals surface area (Å²) in [6.45, 7) is 3.29. The van der Waals surface area contributed by atoms with Crippen LogP contribution in [-0.4, -0.2) is 40.9 Å². The molecule has 1 heterocycles. The number of hydrogen-bond acceptors (Lipinski definition) is 5. The number of unbranched alkanes of at least 4 members (excludes halogenated alkanes) is 1. The van der Waals surface area contributed by atoms with Crippen LogP contribution in [0.1, 0.15) is 41.3 Å². The van der Waals surface area contributed by atoms with Crippen LogP contribution in [0.5, 0.6) is 5.75 Å². The monoisotopic (exact) mass is 502 g/mol. The fourth-order valence-corrected chi connectivity index (χ4v) is 4.88. The second-order valence-corrected chi connectivity index (χ2v) is 10.0. The molecule has 3 amide bonds. The molecule has 7 heteroatoms. The molecule has 0 saturated carbocycles. The van der Waals surface area contributed by atoms with Gasteiger partial charge in [0.1, 0.15) is 5.75 Å². The number of imide groups is 1. The number of benzene rings is 3. The zero-order valence-corrected chi connectivity index (χ0v) is 21.3. The molecule has 3 aromatic carbocycles. The van der Waals surface area contributed by atoms with Crippen LogP contribution in [0.25, 0.3) is 11.1 Å². The van der Waals surface area contributed by atoms with Gasteiger partial charge in [-0.15, -0.1) is 0 Å². The van der Waals surface area contributed by atoms with Gasteiger partial charge in [0.15, 0.2) is 0 Å². The van der Waals surface area contributed by atoms with Crippen molar-refractivity contribution < 1.29 is 19.1 Å². The summed E-state index contributed by atoms with van der Waals surface area (Å²) in [6, 6.07) is 23.5. The highest BCUT2D eigenvalue weighted by atomic mass is 32.2. The minimum atomic E-state index is -0.371. The quantitative estimate of drug-likeness (QED) is 0.360. The predicted molar refractivity (Wildman–Crippen MR) is 143 cm³/mol. The molecular formula is C29H30N2O4S. The smallest absolute Gasteiger partial charge is 0.286 e. The maximum atomic E-state index is 12.9. The van der Waals surface area contributed by atoms with E-state index in [9.17, 15) is 14.4 Å². The maximum absolute atomic E-state index is 12.9. The first-order valence-electron chi connectivity index (χ1n) is 12.1. The van der Waals surface area contributed by atoms with Crippen molar-refractivity contribution in [3.8, 4) is 16.9 Å². The molecule has 0 radical (unpaired) electrons. The fraction of sp³-hybridized carbons (Fsp3) is 0.276. The first kappa shape index (κ1) is 25.5. The third kappa shape index (κ3) is 6.55. The van der Waals surface area contributed by atoms with E-state index in [0.717, 1.165) is 52.6 Å². The summed E-state index contributed by atoms with van der Waals surface area (Å²) in [7, 11) is 1.80. The summed E-state index contributed by atoms with van der Waals surface area (Å²) >= 11 is 1.04. The van der Waals surface area contributed by atoms with E-state index < -0.39 is 0 Å². The van der Waals surface area contributed by atoms with Crippen LogP contribution in [0.4, 0.5) is 4.79 Å². The molecular weight excluding hydrogens is 472 g/mol. The van der Waals surface area contributed by atoms with E-state index in [1.807, 2.05) is 66.7 Å². The summed E-state index contributed by atoms with van der Waals surface area (Å²) in [5, 5.41) is 1.67. The lowest BCUT2D eigenvalue weighted by atomic mass is 10.00. The molecule has 0 aromatic heterocycles. The van der Waals surface area contributed by atoms with E-state index in [1.54, 1.807) is 11.9 Å². The molecule has 1 N–H and O–H groups in total. The van der Waals surface area contributed by atoms with E-state index in [-0.39, 0.29) is 22.3 Å². The van der Waals surface area contributed by atoms with Crippen molar-refractivity contribution in [3.05, 3.63) is 89.5 Å². The molecule has 6 nitrogen and oxygen atoms in total. The standard InChI is InChI=1S/C29H30N2O4S/c1-3-4-16-35-25-14-12-23(13-15-25)28(33)31(2)19-21-6-5-7-24(17-21)22-10-8-20(9-11-22)18-26-27(32)30-29(34)36-26/h5-15,17,26H,3-4,16,18-19H2,1-2H3,(H,30,32,34). The summed E-state index contributed by atoms with van der Waals surface area (Å²) in [6.07, 6.45) is 2.60. The van der Waals surface area contributed by atoms with Crippen molar-refractivity contribution in [2.75, 3.05) is 13.7 Å². The van der Waals surface area contributed by atoms with Gasteiger partial charge in [0.25, 0.3) is 11.1 Å². The number of hydrogen-bond donors (Lipinski definition) is 1. The van der Waals surface area contributed by atoms with Gasteiger partial charge in [-0.25, -0.2) is 0 Å². The Labute approximate surface area is 216 Å². The number of nitrogens with one attached hydrogen (secondary N) is 1. The molecule has 0 aliphatic carbocycles. The van der Waals surface area contributed by atoms with Crippen LogP contribution in [0.3, 0.4) is 0 Å². The van der Waals surface area contributed by atoms with Gasteiger partial charge in [-0.2, -0.15) is 0 Å². The number of amides is 3. The Morgan fingerprint density at radius 1 is 0.972 bits per heavy atom.